The molecule has 2 N–H and O–H groups in total. The normalized spacial score (nSPS) is 11.1. The maximum atomic E-state index is 12.8. The van der Waals surface area contributed by atoms with Crippen molar-refractivity contribution in [1.82, 2.24) is 19.2 Å². The van der Waals surface area contributed by atoms with Crippen LogP contribution in [0.25, 0.3) is 0 Å². The largest absolute Gasteiger partial charge is 0.465 e. The number of nitrogens with one attached hydrogen (secondary N) is 2. The minimum atomic E-state index is -4.31. The van der Waals surface area contributed by atoms with E-state index in [1.165, 1.54) is 25.3 Å². The van der Waals surface area contributed by atoms with Gasteiger partial charge in [0.2, 0.25) is 15.9 Å². The summed E-state index contributed by atoms with van der Waals surface area (Å²) in [6.07, 6.45) is 1.18. The van der Waals surface area contributed by atoms with E-state index >= 15 is 0 Å². The second-order valence-electron chi connectivity index (χ2n) is 6.94. The van der Waals surface area contributed by atoms with E-state index in [1.807, 2.05) is 0 Å². The van der Waals surface area contributed by atoms with E-state index < -0.39 is 61.7 Å². The van der Waals surface area contributed by atoms with Gasteiger partial charge in [0.05, 0.1) is 11.5 Å². The number of hydrogen-bond donors (Lipinski definition) is 2. The number of sulfonamides is 1. The lowest BCUT2D eigenvalue weighted by molar-refractivity contribution is -0.387. The van der Waals surface area contributed by atoms with Gasteiger partial charge in [-0.15, -0.1) is 0 Å². The molecule has 2 rings (SSSR count). The number of ether oxygens (including phenoxy) is 1. The number of nitro groups is 1. The molecule has 1 heterocycles. The molecule has 184 valence electrons. The van der Waals surface area contributed by atoms with Crippen LogP contribution >= 0.6 is 0 Å². The Morgan fingerprint density at radius 3 is 2.59 bits per heavy atom. The second-order valence-corrected chi connectivity index (χ2v) is 8.68. The van der Waals surface area contributed by atoms with Crippen molar-refractivity contribution in [3.8, 4) is 0 Å². The molecule has 14 nitrogen and oxygen atoms in total. The molecule has 2 aromatic rings. The lowest BCUT2D eigenvalue weighted by Crippen LogP contribution is -2.44. The van der Waals surface area contributed by atoms with Crippen LogP contribution in [-0.4, -0.2) is 65.9 Å². The zero-order valence-electron chi connectivity index (χ0n) is 18.3. The first-order valence-corrected chi connectivity index (χ1v) is 11.4. The molecule has 0 radical (unpaired) electrons. The van der Waals surface area contributed by atoms with Gasteiger partial charge in [-0.2, -0.15) is 0 Å². The summed E-state index contributed by atoms with van der Waals surface area (Å²) in [6.45, 7) is 1.28. The molecular weight excluding hydrogens is 474 g/mol. The Morgan fingerprint density at radius 1 is 1.26 bits per heavy atom. The number of benzene rings is 1. The highest BCUT2D eigenvalue weighted by atomic mass is 32.2. The van der Waals surface area contributed by atoms with Gasteiger partial charge >= 0.3 is 11.7 Å². The highest BCUT2D eigenvalue weighted by molar-refractivity contribution is 7.89. The quantitative estimate of drug-likeness (QED) is 0.225. The van der Waals surface area contributed by atoms with E-state index in [0.717, 1.165) is 21.6 Å². The van der Waals surface area contributed by atoms with Gasteiger partial charge in [0, 0.05) is 30.9 Å². The van der Waals surface area contributed by atoms with Gasteiger partial charge < -0.3 is 9.64 Å². The highest BCUT2D eigenvalue weighted by Crippen LogP contribution is 2.22. The van der Waals surface area contributed by atoms with E-state index in [0.29, 0.717) is 0 Å². The van der Waals surface area contributed by atoms with Crippen molar-refractivity contribution in [1.29, 1.82) is 0 Å². The lowest BCUT2D eigenvalue weighted by Gasteiger charge is -2.22. The van der Waals surface area contributed by atoms with Crippen molar-refractivity contribution in [2.45, 2.75) is 25.3 Å². The SMILES string of the molecule is CCOC(=O)CN(CCNS(=O)(=O)c1ccccc1[N+](=O)[O-])C(=O)Cn1cc(C)c(=O)[nH]c1=O. The minimum Gasteiger partial charge on any atom is -0.465 e. The maximum absolute atomic E-state index is 12.8. The summed E-state index contributed by atoms with van der Waals surface area (Å²) in [5, 5.41) is 11.1. The van der Waals surface area contributed by atoms with Gasteiger partial charge in [-0.1, -0.05) is 12.1 Å². The Balaban J connectivity index is 2.18. The zero-order chi connectivity index (χ0) is 25.5. The predicted molar refractivity (Wildman–Crippen MR) is 118 cm³/mol. The van der Waals surface area contributed by atoms with Crippen molar-refractivity contribution >= 4 is 27.6 Å². The number of carbonyl (C=O) groups excluding carboxylic acids is 2. The average molecular weight is 497 g/mol. The minimum absolute atomic E-state index is 0.0454. The van der Waals surface area contributed by atoms with Gasteiger partial charge in [0.25, 0.3) is 11.2 Å². The van der Waals surface area contributed by atoms with Crippen molar-refractivity contribution in [3.05, 3.63) is 67.0 Å². The predicted octanol–water partition coefficient (Wildman–Crippen LogP) is -0.877. The van der Waals surface area contributed by atoms with E-state index in [4.69, 9.17) is 4.74 Å². The summed E-state index contributed by atoms with van der Waals surface area (Å²) >= 11 is 0. The molecule has 1 amide bonds. The Hall–Kier alpha value is -3.85. The van der Waals surface area contributed by atoms with E-state index in [2.05, 4.69) is 9.71 Å². The molecular formula is C19H23N5O9S. The van der Waals surface area contributed by atoms with E-state index in [1.54, 1.807) is 6.92 Å². The van der Waals surface area contributed by atoms with Gasteiger partial charge in [-0.05, 0) is 19.9 Å². The number of aryl methyl sites for hydroxylation is 1. The molecule has 15 heteroatoms. The molecule has 0 spiro atoms. The van der Waals surface area contributed by atoms with Crippen molar-refractivity contribution in [2.24, 2.45) is 0 Å². The number of amides is 1. The molecule has 0 saturated heterocycles. The van der Waals surface area contributed by atoms with Crippen molar-refractivity contribution < 1.29 is 27.7 Å². The molecule has 0 aliphatic carbocycles. The molecule has 0 aliphatic rings. The summed E-state index contributed by atoms with van der Waals surface area (Å²) in [7, 11) is -4.31. The fourth-order valence-corrected chi connectivity index (χ4v) is 4.06. The Labute approximate surface area is 193 Å². The summed E-state index contributed by atoms with van der Waals surface area (Å²) in [6, 6.07) is 4.74. The van der Waals surface area contributed by atoms with E-state index in [-0.39, 0.29) is 25.3 Å². The topological polar surface area (TPSA) is 191 Å². The number of hydrogen-bond acceptors (Lipinski definition) is 9. The van der Waals surface area contributed by atoms with Crippen molar-refractivity contribution in [2.75, 3.05) is 26.2 Å². The van der Waals surface area contributed by atoms with Crippen LogP contribution in [0.5, 0.6) is 0 Å². The standard InChI is InChI=1S/C19H23N5O9S/c1-3-33-17(26)12-22(16(25)11-23-10-13(2)18(27)21-19(23)28)9-8-20-34(31,32)15-7-5-4-6-14(15)24(29)30/h4-7,10,20H,3,8-9,11-12H2,1-2H3,(H,21,27,28). The van der Waals surface area contributed by atoms with E-state index in [9.17, 15) is 37.7 Å². The fourth-order valence-electron chi connectivity index (χ4n) is 2.86. The Kier molecular flexibility index (Phi) is 8.80. The average Bonchev–Trinajstić information content (AvgIpc) is 2.76. The third-order valence-electron chi connectivity index (χ3n) is 4.50. The summed E-state index contributed by atoms with van der Waals surface area (Å²) in [4.78, 5) is 60.9. The van der Waals surface area contributed by atoms with Crippen LogP contribution in [0, 0.1) is 17.0 Å². The number of para-hydroxylation sites is 1. The van der Waals surface area contributed by atoms with Gasteiger partial charge in [0.1, 0.15) is 13.1 Å². The third-order valence-corrected chi connectivity index (χ3v) is 6.01. The third kappa shape index (κ3) is 6.82. The number of H-pyrrole nitrogens is 1. The molecule has 0 fully saturated rings. The van der Waals surface area contributed by atoms with Crippen LogP contribution in [0.3, 0.4) is 0 Å². The second kappa shape index (κ2) is 11.3. The number of aromatic amines is 1. The van der Waals surface area contributed by atoms with Crippen LogP contribution in [-0.2, 0) is 30.9 Å². The molecule has 0 saturated carbocycles. The molecule has 0 aliphatic heterocycles. The smallest absolute Gasteiger partial charge is 0.328 e. The van der Waals surface area contributed by atoms with Crippen LogP contribution in [0.4, 0.5) is 5.69 Å². The first-order chi connectivity index (χ1) is 16.0. The summed E-state index contributed by atoms with van der Waals surface area (Å²) in [5.74, 6) is -1.49. The van der Waals surface area contributed by atoms with Gasteiger partial charge in [-0.25, -0.2) is 17.9 Å². The number of carbonyl (C=O) groups is 2. The summed E-state index contributed by atoms with van der Waals surface area (Å²) < 4.78 is 33.0. The number of esters is 1. The van der Waals surface area contributed by atoms with Crippen LogP contribution < -0.4 is 16.0 Å². The molecule has 0 atom stereocenters. The first kappa shape index (κ1) is 26.4. The van der Waals surface area contributed by atoms with Crippen LogP contribution in [0.2, 0.25) is 0 Å². The van der Waals surface area contributed by atoms with Crippen LogP contribution in [0.1, 0.15) is 12.5 Å². The monoisotopic (exact) mass is 497 g/mol. The van der Waals surface area contributed by atoms with Gasteiger partial charge in [0.15, 0.2) is 4.90 Å². The Morgan fingerprint density at radius 2 is 1.94 bits per heavy atom. The Bertz CT molecular complexity index is 1300. The number of nitrogens with zero attached hydrogens (tertiary/aromatic N) is 3. The molecule has 34 heavy (non-hydrogen) atoms. The molecule has 0 bridgehead atoms. The molecule has 1 aromatic carbocycles. The van der Waals surface area contributed by atoms with Crippen LogP contribution in [0.15, 0.2) is 44.9 Å². The van der Waals surface area contributed by atoms with Gasteiger partial charge in [-0.3, -0.25) is 34.0 Å². The lowest BCUT2D eigenvalue weighted by atomic mass is 10.3. The number of nitro benzene ring substituents is 1. The van der Waals surface area contributed by atoms with Crippen molar-refractivity contribution in [3.63, 3.8) is 0 Å². The fraction of sp³-hybridized carbons (Fsp3) is 0.368. The summed E-state index contributed by atoms with van der Waals surface area (Å²) in [5.41, 5.74) is -1.89. The molecule has 1 aromatic heterocycles. The maximum Gasteiger partial charge on any atom is 0.328 e. The number of aromatic nitrogens is 2. The number of rotatable bonds is 11. The molecule has 0 unspecified atom stereocenters. The highest BCUT2D eigenvalue weighted by Gasteiger charge is 2.26. The first-order valence-electron chi connectivity index (χ1n) is 9.93. The zero-order valence-corrected chi connectivity index (χ0v) is 19.2.